The molecule has 2 aromatic rings. The quantitative estimate of drug-likeness (QED) is 0.379. The second-order valence-corrected chi connectivity index (χ2v) is 5.38. The summed E-state index contributed by atoms with van der Waals surface area (Å²) < 4.78 is 15.5. The van der Waals surface area contributed by atoms with Gasteiger partial charge in [-0.3, -0.25) is 9.59 Å². The lowest BCUT2D eigenvalue weighted by Gasteiger charge is -2.10. The lowest BCUT2D eigenvalue weighted by Crippen LogP contribution is -2.32. The zero-order valence-corrected chi connectivity index (χ0v) is 15.7. The first-order valence-electron chi connectivity index (χ1n) is 8.30. The number of amides is 2. The summed E-state index contributed by atoms with van der Waals surface area (Å²) in [6.45, 7) is 2.18. The molecule has 9 heteroatoms. The minimum absolute atomic E-state index is 0.00384. The Kier molecular flexibility index (Phi) is 7.21. The molecule has 0 aromatic heterocycles. The van der Waals surface area contributed by atoms with Crippen molar-refractivity contribution < 1.29 is 28.9 Å². The minimum atomic E-state index is -0.960. The van der Waals surface area contributed by atoms with Crippen molar-refractivity contribution in [3.05, 3.63) is 42.0 Å². The van der Waals surface area contributed by atoms with Crippen LogP contribution >= 0.6 is 0 Å². The van der Waals surface area contributed by atoms with Crippen molar-refractivity contribution in [3.8, 4) is 23.0 Å². The molecule has 2 aromatic carbocycles. The maximum atomic E-state index is 12.0. The Morgan fingerprint density at radius 2 is 1.86 bits per heavy atom. The first-order chi connectivity index (χ1) is 13.5. The van der Waals surface area contributed by atoms with E-state index in [0.29, 0.717) is 35.1 Å². The molecule has 0 spiro atoms. The molecule has 148 valence electrons. The van der Waals surface area contributed by atoms with E-state index >= 15 is 0 Å². The molecule has 0 aliphatic heterocycles. The second kappa shape index (κ2) is 9.81. The summed E-state index contributed by atoms with van der Waals surface area (Å²) in [6.07, 6.45) is 1.32. The molecular weight excluding hydrogens is 366 g/mol. The number of anilines is 1. The van der Waals surface area contributed by atoms with Gasteiger partial charge in [-0.05, 0) is 42.8 Å². The lowest BCUT2D eigenvalue weighted by atomic mass is 10.2. The van der Waals surface area contributed by atoms with Crippen LogP contribution in [0.5, 0.6) is 23.0 Å². The number of rotatable bonds is 7. The van der Waals surface area contributed by atoms with E-state index in [9.17, 15) is 14.7 Å². The summed E-state index contributed by atoms with van der Waals surface area (Å²) in [5.74, 6) is -0.696. The molecule has 0 unspecified atom stereocenters. The Bertz CT molecular complexity index is 882. The number of hydrazone groups is 1. The highest BCUT2D eigenvalue weighted by molar-refractivity contribution is 6.39. The van der Waals surface area contributed by atoms with Gasteiger partial charge in [0, 0.05) is 6.07 Å². The fraction of sp³-hybridized carbons (Fsp3) is 0.211. The Labute approximate surface area is 161 Å². The number of ether oxygens (including phenoxy) is 3. The number of phenols is 1. The van der Waals surface area contributed by atoms with Gasteiger partial charge < -0.3 is 24.6 Å². The van der Waals surface area contributed by atoms with E-state index in [1.807, 2.05) is 0 Å². The number of aromatic hydroxyl groups is 1. The maximum Gasteiger partial charge on any atom is 0.329 e. The fourth-order valence-corrected chi connectivity index (χ4v) is 2.18. The molecule has 0 bridgehead atoms. The van der Waals surface area contributed by atoms with Crippen molar-refractivity contribution in [2.75, 3.05) is 26.1 Å². The molecule has 0 saturated heterocycles. The predicted octanol–water partition coefficient (Wildman–Crippen LogP) is 1.90. The van der Waals surface area contributed by atoms with Gasteiger partial charge in [0.1, 0.15) is 11.5 Å². The van der Waals surface area contributed by atoms with E-state index in [0.717, 1.165) is 0 Å². The standard InChI is InChI=1S/C19H21N3O6/c1-4-28-17-9-12(5-8-15(17)23)11-20-22-19(25)18(24)21-14-7-6-13(26-2)10-16(14)27-3/h5-11,23H,4H2,1-3H3,(H,21,24)(H,22,25). The number of benzene rings is 2. The summed E-state index contributed by atoms with van der Waals surface area (Å²) >= 11 is 0. The molecule has 0 fully saturated rings. The average Bonchev–Trinajstić information content (AvgIpc) is 2.70. The third-order valence-corrected chi connectivity index (χ3v) is 3.53. The molecule has 28 heavy (non-hydrogen) atoms. The Morgan fingerprint density at radius 3 is 2.54 bits per heavy atom. The Balaban J connectivity index is 1.98. The molecule has 0 atom stereocenters. The van der Waals surface area contributed by atoms with Crippen molar-refractivity contribution in [2.24, 2.45) is 5.10 Å². The highest BCUT2D eigenvalue weighted by Gasteiger charge is 2.15. The number of carbonyl (C=O) groups excluding carboxylic acids is 2. The molecular formula is C19H21N3O6. The first kappa shape index (κ1) is 20.6. The largest absolute Gasteiger partial charge is 0.504 e. The van der Waals surface area contributed by atoms with Gasteiger partial charge in [-0.2, -0.15) is 5.10 Å². The van der Waals surface area contributed by atoms with Crippen LogP contribution in [-0.2, 0) is 9.59 Å². The van der Waals surface area contributed by atoms with Crippen molar-refractivity contribution in [1.29, 1.82) is 0 Å². The van der Waals surface area contributed by atoms with Gasteiger partial charge in [-0.15, -0.1) is 0 Å². The second-order valence-electron chi connectivity index (χ2n) is 5.38. The molecule has 3 N–H and O–H groups in total. The van der Waals surface area contributed by atoms with E-state index in [2.05, 4.69) is 15.8 Å². The van der Waals surface area contributed by atoms with Crippen LogP contribution in [-0.4, -0.2) is 44.0 Å². The molecule has 0 heterocycles. The van der Waals surface area contributed by atoms with Crippen LogP contribution in [0.3, 0.4) is 0 Å². The van der Waals surface area contributed by atoms with Gasteiger partial charge in [-0.1, -0.05) is 0 Å². The highest BCUT2D eigenvalue weighted by atomic mass is 16.5. The highest BCUT2D eigenvalue weighted by Crippen LogP contribution is 2.29. The van der Waals surface area contributed by atoms with Crippen molar-refractivity contribution in [2.45, 2.75) is 6.92 Å². The number of nitrogens with one attached hydrogen (secondary N) is 2. The summed E-state index contributed by atoms with van der Waals surface area (Å²) in [4.78, 5) is 23.9. The maximum absolute atomic E-state index is 12.0. The zero-order chi connectivity index (χ0) is 20.5. The van der Waals surface area contributed by atoms with Crippen LogP contribution < -0.4 is 25.0 Å². The van der Waals surface area contributed by atoms with E-state index < -0.39 is 11.8 Å². The molecule has 0 aliphatic carbocycles. The van der Waals surface area contributed by atoms with Crippen molar-refractivity contribution >= 4 is 23.7 Å². The summed E-state index contributed by atoms with van der Waals surface area (Å²) in [5.41, 5.74) is 3.01. The van der Waals surface area contributed by atoms with Crippen LogP contribution in [0.1, 0.15) is 12.5 Å². The lowest BCUT2D eigenvalue weighted by molar-refractivity contribution is -0.136. The molecule has 0 aliphatic rings. The van der Waals surface area contributed by atoms with Gasteiger partial charge >= 0.3 is 11.8 Å². The van der Waals surface area contributed by atoms with Crippen molar-refractivity contribution in [1.82, 2.24) is 5.43 Å². The van der Waals surface area contributed by atoms with Gasteiger partial charge in [0.25, 0.3) is 0 Å². The third kappa shape index (κ3) is 5.37. The van der Waals surface area contributed by atoms with Crippen LogP contribution in [0.2, 0.25) is 0 Å². The van der Waals surface area contributed by atoms with E-state index in [1.54, 1.807) is 37.3 Å². The van der Waals surface area contributed by atoms with E-state index in [1.165, 1.54) is 26.5 Å². The predicted molar refractivity (Wildman–Crippen MR) is 103 cm³/mol. The summed E-state index contributed by atoms with van der Waals surface area (Å²) in [7, 11) is 2.94. The number of hydrogen-bond acceptors (Lipinski definition) is 7. The molecule has 0 saturated carbocycles. The van der Waals surface area contributed by atoms with Gasteiger partial charge in [-0.25, -0.2) is 5.43 Å². The van der Waals surface area contributed by atoms with Crippen LogP contribution in [0, 0.1) is 0 Å². The third-order valence-electron chi connectivity index (χ3n) is 3.53. The van der Waals surface area contributed by atoms with Crippen LogP contribution in [0.25, 0.3) is 0 Å². The van der Waals surface area contributed by atoms with Crippen LogP contribution in [0.15, 0.2) is 41.5 Å². The minimum Gasteiger partial charge on any atom is -0.504 e. The molecule has 2 rings (SSSR count). The van der Waals surface area contributed by atoms with Crippen molar-refractivity contribution in [3.63, 3.8) is 0 Å². The Hall–Kier alpha value is -3.75. The summed E-state index contributed by atoms with van der Waals surface area (Å²) in [6, 6.07) is 9.32. The number of nitrogens with zero attached hydrogens (tertiary/aromatic N) is 1. The number of methoxy groups -OCH3 is 2. The van der Waals surface area contributed by atoms with Gasteiger partial charge in [0.05, 0.1) is 32.7 Å². The Morgan fingerprint density at radius 1 is 1.07 bits per heavy atom. The normalized spacial score (nSPS) is 10.4. The van der Waals surface area contributed by atoms with E-state index in [-0.39, 0.29) is 5.75 Å². The number of carbonyl (C=O) groups is 2. The average molecular weight is 387 g/mol. The topological polar surface area (TPSA) is 118 Å². The van der Waals surface area contributed by atoms with Crippen LogP contribution in [0.4, 0.5) is 5.69 Å². The smallest absolute Gasteiger partial charge is 0.329 e. The molecule has 9 nitrogen and oxygen atoms in total. The van der Waals surface area contributed by atoms with Gasteiger partial charge in [0.15, 0.2) is 11.5 Å². The molecule has 0 radical (unpaired) electrons. The number of phenolic OH excluding ortho intramolecular Hbond substituents is 1. The molecule has 2 amide bonds. The summed E-state index contributed by atoms with van der Waals surface area (Å²) in [5, 5.41) is 15.8. The van der Waals surface area contributed by atoms with E-state index in [4.69, 9.17) is 14.2 Å². The SMILES string of the molecule is CCOc1cc(C=NNC(=O)C(=O)Nc2ccc(OC)cc2OC)ccc1O. The number of hydrogen-bond donors (Lipinski definition) is 3. The first-order valence-corrected chi connectivity index (χ1v) is 8.30. The monoisotopic (exact) mass is 387 g/mol. The zero-order valence-electron chi connectivity index (χ0n) is 15.7. The fourth-order valence-electron chi connectivity index (χ4n) is 2.18. The van der Waals surface area contributed by atoms with Gasteiger partial charge in [0.2, 0.25) is 0 Å².